The van der Waals surface area contributed by atoms with Gasteiger partial charge in [0.25, 0.3) is 0 Å². The first-order valence-corrected chi connectivity index (χ1v) is 5.38. The summed E-state index contributed by atoms with van der Waals surface area (Å²) < 4.78 is 6.11. The van der Waals surface area contributed by atoms with Crippen LogP contribution in [0.3, 0.4) is 0 Å². The number of carbonyl (C=O) groups is 1. The smallest absolute Gasteiger partial charge is 0.407 e. The molecule has 0 aliphatic heterocycles. The lowest BCUT2D eigenvalue weighted by Crippen LogP contribution is -3.00. The lowest BCUT2D eigenvalue weighted by molar-refractivity contribution is -0.833. The fourth-order valence-corrected chi connectivity index (χ4v) is 1.63. The van der Waals surface area contributed by atoms with Crippen LogP contribution >= 0.6 is 0 Å². The molecule has 0 spiro atoms. The maximum absolute atomic E-state index is 11.2. The highest BCUT2D eigenvalue weighted by Crippen LogP contribution is 2.29. The van der Waals surface area contributed by atoms with Gasteiger partial charge in [-0.1, -0.05) is 6.08 Å². The van der Waals surface area contributed by atoms with Crippen molar-refractivity contribution in [1.29, 1.82) is 0 Å². The van der Waals surface area contributed by atoms with E-state index in [0.717, 1.165) is 10.9 Å². The predicted molar refractivity (Wildman–Crippen MR) is 63.8 cm³/mol. The van der Waals surface area contributed by atoms with Crippen molar-refractivity contribution in [3.63, 3.8) is 0 Å². The number of halogens is 1. The third-order valence-electron chi connectivity index (χ3n) is 2.66. The molecule has 4 nitrogen and oxygen atoms in total. The summed E-state index contributed by atoms with van der Waals surface area (Å²) in [6, 6.07) is 0. The van der Waals surface area contributed by atoms with Gasteiger partial charge >= 0.3 is 6.09 Å². The number of carbonyl (C=O) groups excluding carboxylic acids is 1. The molecular formula is C12H21IN2O2. The number of alkyl carbamates (subject to hydrolysis) is 1. The zero-order chi connectivity index (χ0) is 12.4. The quantitative estimate of drug-likeness (QED) is 0.493. The molecule has 1 atom stereocenters. The minimum absolute atomic E-state index is 0. The monoisotopic (exact) mass is 352 g/mol. The van der Waals surface area contributed by atoms with E-state index in [1.54, 1.807) is 7.05 Å². The zero-order valence-electron chi connectivity index (χ0n) is 11.1. The molecule has 98 valence electrons. The first-order chi connectivity index (χ1) is 7.27. The van der Waals surface area contributed by atoms with Crippen molar-refractivity contribution in [2.45, 2.75) is 18.9 Å². The van der Waals surface area contributed by atoms with Crippen LogP contribution in [-0.4, -0.2) is 44.4 Å². The van der Waals surface area contributed by atoms with Crippen LogP contribution in [0.2, 0.25) is 0 Å². The van der Waals surface area contributed by atoms with Crippen LogP contribution in [0.4, 0.5) is 4.79 Å². The number of amides is 1. The summed E-state index contributed by atoms with van der Waals surface area (Å²) in [7, 11) is 7.87. The molecule has 1 amide bonds. The Labute approximate surface area is 120 Å². The number of quaternary nitrogens is 1. The number of hydrogen-bond acceptors (Lipinski definition) is 2. The number of nitrogens with zero attached hydrogens (tertiary/aromatic N) is 1. The Morgan fingerprint density at radius 3 is 2.53 bits per heavy atom. The summed E-state index contributed by atoms with van der Waals surface area (Å²) in [5.74, 6) is 0. The molecule has 1 unspecified atom stereocenters. The molecule has 0 fully saturated rings. The number of nitrogens with one attached hydrogen (secondary N) is 1. The van der Waals surface area contributed by atoms with Crippen LogP contribution in [0, 0.1) is 0 Å². The summed E-state index contributed by atoms with van der Waals surface area (Å²) in [4.78, 5) is 11.2. The molecular weight excluding hydrogens is 331 g/mol. The fraction of sp³-hybridized carbons (Fsp3) is 0.583. The first-order valence-electron chi connectivity index (χ1n) is 5.38. The van der Waals surface area contributed by atoms with E-state index in [2.05, 4.69) is 32.5 Å². The van der Waals surface area contributed by atoms with Crippen LogP contribution in [0.15, 0.2) is 23.9 Å². The number of ether oxygens (including phenoxy) is 1. The van der Waals surface area contributed by atoms with Crippen molar-refractivity contribution in [2.75, 3.05) is 28.2 Å². The van der Waals surface area contributed by atoms with Crippen molar-refractivity contribution in [3.8, 4) is 0 Å². The lowest BCUT2D eigenvalue weighted by Gasteiger charge is -2.34. The Morgan fingerprint density at radius 1 is 1.47 bits per heavy atom. The average molecular weight is 352 g/mol. The topological polar surface area (TPSA) is 38.3 Å². The molecule has 1 aliphatic rings. The molecule has 1 rings (SSSR count). The molecule has 0 saturated heterocycles. The standard InChI is InChI=1S/C12H20N2O2.HI/c1-12(16-11(15)13-2)8-6-7-10(9-12)14(3,4)5;/h6-8H,9H2,1-5H3;1H. The predicted octanol–water partition coefficient (Wildman–Crippen LogP) is -1.34. The van der Waals surface area contributed by atoms with Crippen LogP contribution in [0.1, 0.15) is 13.3 Å². The van der Waals surface area contributed by atoms with Crippen LogP contribution in [0.25, 0.3) is 0 Å². The minimum atomic E-state index is -0.546. The maximum atomic E-state index is 11.2. The van der Waals surface area contributed by atoms with Gasteiger partial charge in [0.15, 0.2) is 0 Å². The second-order valence-electron chi connectivity index (χ2n) is 5.16. The van der Waals surface area contributed by atoms with E-state index in [-0.39, 0.29) is 24.0 Å². The molecule has 0 heterocycles. The minimum Gasteiger partial charge on any atom is -1.00 e. The third-order valence-corrected chi connectivity index (χ3v) is 2.66. The van der Waals surface area contributed by atoms with Gasteiger partial charge in [-0.05, 0) is 19.1 Å². The summed E-state index contributed by atoms with van der Waals surface area (Å²) in [6.07, 6.45) is 6.28. The number of hydrogen-bond donors (Lipinski definition) is 1. The van der Waals surface area contributed by atoms with Crippen molar-refractivity contribution in [3.05, 3.63) is 23.9 Å². The van der Waals surface area contributed by atoms with E-state index in [4.69, 9.17) is 4.74 Å². The Bertz CT molecular complexity index is 345. The molecule has 17 heavy (non-hydrogen) atoms. The second-order valence-corrected chi connectivity index (χ2v) is 5.16. The van der Waals surface area contributed by atoms with E-state index in [1.165, 1.54) is 5.70 Å². The molecule has 0 aromatic carbocycles. The van der Waals surface area contributed by atoms with E-state index in [9.17, 15) is 4.79 Å². The van der Waals surface area contributed by atoms with E-state index >= 15 is 0 Å². The molecule has 0 bridgehead atoms. The summed E-state index contributed by atoms with van der Waals surface area (Å²) in [5.41, 5.74) is 0.685. The van der Waals surface area contributed by atoms with Gasteiger partial charge in [0, 0.05) is 7.05 Å². The first kappa shape index (κ1) is 16.4. The Kier molecular flexibility index (Phi) is 5.67. The van der Waals surface area contributed by atoms with E-state index in [0.29, 0.717) is 0 Å². The van der Waals surface area contributed by atoms with Gasteiger partial charge in [-0.3, -0.25) is 0 Å². The molecule has 0 aromatic rings. The van der Waals surface area contributed by atoms with Crippen LogP contribution < -0.4 is 29.3 Å². The molecule has 0 aromatic heterocycles. The highest BCUT2D eigenvalue weighted by molar-refractivity contribution is 5.67. The molecule has 1 N–H and O–H groups in total. The fourth-order valence-electron chi connectivity index (χ4n) is 1.63. The van der Waals surface area contributed by atoms with Gasteiger partial charge in [-0.15, -0.1) is 0 Å². The second kappa shape index (κ2) is 5.86. The van der Waals surface area contributed by atoms with Gasteiger partial charge in [-0.2, -0.15) is 0 Å². The summed E-state index contributed by atoms with van der Waals surface area (Å²) in [6.45, 7) is 1.92. The largest absolute Gasteiger partial charge is 1.00 e. The van der Waals surface area contributed by atoms with Gasteiger partial charge in [0.05, 0.1) is 27.6 Å². The molecule has 0 saturated carbocycles. The van der Waals surface area contributed by atoms with Crippen LogP contribution in [0.5, 0.6) is 0 Å². The summed E-state index contributed by atoms with van der Waals surface area (Å²) >= 11 is 0. The Morgan fingerprint density at radius 2 is 2.06 bits per heavy atom. The Hall–Kier alpha value is -0.560. The van der Waals surface area contributed by atoms with Crippen molar-refractivity contribution < 1.29 is 38.0 Å². The van der Waals surface area contributed by atoms with E-state index < -0.39 is 11.7 Å². The van der Waals surface area contributed by atoms with Gasteiger partial charge in [0.2, 0.25) is 0 Å². The number of allylic oxidation sites excluding steroid dienone is 2. The third kappa shape index (κ3) is 4.67. The van der Waals surface area contributed by atoms with Crippen LogP contribution in [-0.2, 0) is 4.74 Å². The van der Waals surface area contributed by atoms with Crippen molar-refractivity contribution >= 4 is 6.09 Å². The zero-order valence-corrected chi connectivity index (χ0v) is 13.2. The Balaban J connectivity index is 0.00000256. The lowest BCUT2D eigenvalue weighted by atomic mass is 9.94. The van der Waals surface area contributed by atoms with Crippen molar-refractivity contribution in [2.24, 2.45) is 0 Å². The normalized spacial score (nSPS) is 23.5. The molecule has 1 aliphatic carbocycles. The van der Waals surface area contributed by atoms with Gasteiger partial charge < -0.3 is 38.5 Å². The number of rotatable bonds is 2. The van der Waals surface area contributed by atoms with Crippen molar-refractivity contribution in [1.82, 2.24) is 5.32 Å². The van der Waals surface area contributed by atoms with Gasteiger partial charge in [0.1, 0.15) is 11.3 Å². The highest BCUT2D eigenvalue weighted by Gasteiger charge is 2.33. The maximum Gasteiger partial charge on any atom is 0.407 e. The van der Waals surface area contributed by atoms with Gasteiger partial charge in [-0.25, -0.2) is 4.79 Å². The molecule has 5 heteroatoms. The SMILES string of the molecule is CNC(=O)OC1(C)C=CC=C([N+](C)(C)C)C1.[I-]. The highest BCUT2D eigenvalue weighted by atomic mass is 127. The average Bonchev–Trinajstić information content (AvgIpc) is 2.15. The molecule has 0 radical (unpaired) electrons. The summed E-state index contributed by atoms with van der Waals surface area (Å²) in [5, 5.41) is 2.47. The van der Waals surface area contributed by atoms with E-state index in [1.807, 2.05) is 19.1 Å².